The van der Waals surface area contributed by atoms with E-state index in [1.165, 1.54) is 27.5 Å². The van der Waals surface area contributed by atoms with Crippen molar-refractivity contribution < 1.29 is 0 Å². The Balaban J connectivity index is 2.55. The molecule has 0 fully saturated rings. The van der Waals surface area contributed by atoms with Gasteiger partial charge in [0.1, 0.15) is 0 Å². The Labute approximate surface area is 118 Å². The van der Waals surface area contributed by atoms with Gasteiger partial charge in [-0.1, -0.05) is 18.2 Å². The van der Waals surface area contributed by atoms with Crippen LogP contribution in [0.3, 0.4) is 0 Å². The summed E-state index contributed by atoms with van der Waals surface area (Å²) in [7, 11) is 0. The van der Waals surface area contributed by atoms with E-state index in [0.717, 1.165) is 22.3 Å². The molecule has 20 heavy (non-hydrogen) atoms. The highest BCUT2D eigenvalue weighted by Gasteiger charge is 2.13. The molecule has 0 aliphatic rings. The zero-order valence-electron chi connectivity index (χ0n) is 12.3. The predicted molar refractivity (Wildman–Crippen MR) is 86.0 cm³/mol. The second-order valence-corrected chi connectivity index (χ2v) is 5.43. The summed E-state index contributed by atoms with van der Waals surface area (Å²) in [6.45, 7) is 8.39. The molecule has 3 aromatic rings. The lowest BCUT2D eigenvalue weighted by Crippen LogP contribution is -2.11. The molecule has 0 aliphatic carbocycles. The molecule has 0 atom stereocenters. The molecule has 2 aromatic carbocycles. The molecule has 0 radical (unpaired) electrons. The first-order chi connectivity index (χ1) is 9.54. The van der Waals surface area contributed by atoms with Gasteiger partial charge in [-0.05, 0) is 50.5 Å². The van der Waals surface area contributed by atoms with Crippen LogP contribution in [-0.2, 0) is 0 Å². The van der Waals surface area contributed by atoms with Gasteiger partial charge in [-0.3, -0.25) is 5.84 Å². The third kappa shape index (κ3) is 1.67. The number of anilines is 1. The molecule has 1 aromatic heterocycles. The highest BCUT2D eigenvalue weighted by molar-refractivity contribution is 5.99. The van der Waals surface area contributed by atoms with Crippen LogP contribution >= 0.6 is 0 Å². The Morgan fingerprint density at radius 3 is 2.40 bits per heavy atom. The Hall–Kier alpha value is -2.13. The van der Waals surface area contributed by atoms with Crippen molar-refractivity contribution in [1.82, 2.24) is 4.98 Å². The summed E-state index contributed by atoms with van der Waals surface area (Å²) in [5.41, 5.74) is 10.6. The first-order valence-electron chi connectivity index (χ1n) is 6.81. The number of nitrogen functional groups attached to an aromatic ring is 1. The average molecular weight is 265 g/mol. The summed E-state index contributed by atoms with van der Waals surface area (Å²) in [6, 6.07) is 8.53. The number of hydrogen-bond acceptors (Lipinski definition) is 3. The lowest BCUT2D eigenvalue weighted by Gasteiger charge is -2.16. The van der Waals surface area contributed by atoms with Gasteiger partial charge in [-0.15, -0.1) is 0 Å². The highest BCUT2D eigenvalue weighted by Crippen LogP contribution is 2.33. The van der Waals surface area contributed by atoms with Crippen molar-refractivity contribution in [2.24, 2.45) is 5.84 Å². The summed E-state index contributed by atoms with van der Waals surface area (Å²) in [4.78, 5) is 4.89. The van der Waals surface area contributed by atoms with Crippen molar-refractivity contribution in [3.8, 4) is 0 Å². The molecule has 3 N–H and O–H groups in total. The first-order valence-corrected chi connectivity index (χ1v) is 6.81. The minimum atomic E-state index is 0.982. The second kappa shape index (κ2) is 4.46. The van der Waals surface area contributed by atoms with Gasteiger partial charge in [0.05, 0.1) is 16.7 Å². The molecule has 0 spiro atoms. The number of hydrazine groups is 1. The zero-order chi connectivity index (χ0) is 14.4. The highest BCUT2D eigenvalue weighted by atomic mass is 15.2. The van der Waals surface area contributed by atoms with Crippen molar-refractivity contribution in [3.63, 3.8) is 0 Å². The van der Waals surface area contributed by atoms with Crippen LogP contribution < -0.4 is 11.3 Å². The normalized spacial score (nSPS) is 11.2. The molecule has 0 saturated heterocycles. The van der Waals surface area contributed by atoms with E-state index in [2.05, 4.69) is 57.4 Å². The fourth-order valence-corrected chi connectivity index (χ4v) is 2.92. The largest absolute Gasteiger partial charge is 0.324 e. The molecule has 0 saturated carbocycles. The SMILES string of the molecule is Cc1c(NN)c(C)c2nc3c(C)cccc3cc2c1C. The molecule has 0 amide bonds. The molecular weight excluding hydrogens is 246 g/mol. The van der Waals surface area contributed by atoms with Crippen molar-refractivity contribution >= 4 is 27.5 Å². The predicted octanol–water partition coefficient (Wildman–Crippen LogP) is 3.91. The number of pyridine rings is 1. The standard InChI is InChI=1S/C17H19N3/c1-9-6-5-7-13-8-14-10(2)11(3)16(20-18)12(4)17(14)19-15(9)13/h5-8,20H,18H2,1-4H3. The third-order valence-electron chi connectivity index (χ3n) is 4.26. The van der Waals surface area contributed by atoms with Gasteiger partial charge in [-0.25, -0.2) is 4.98 Å². The minimum absolute atomic E-state index is 0.982. The smallest absolute Gasteiger partial charge is 0.0762 e. The van der Waals surface area contributed by atoms with E-state index < -0.39 is 0 Å². The number of nitrogens with zero attached hydrogens (tertiary/aromatic N) is 1. The number of fused-ring (bicyclic) bond motifs is 2. The molecule has 102 valence electrons. The number of benzene rings is 2. The van der Waals surface area contributed by atoms with Crippen LogP contribution in [0.4, 0.5) is 5.69 Å². The summed E-state index contributed by atoms with van der Waals surface area (Å²) >= 11 is 0. The molecule has 0 unspecified atom stereocenters. The lowest BCUT2D eigenvalue weighted by atomic mass is 9.96. The van der Waals surface area contributed by atoms with E-state index in [0.29, 0.717) is 0 Å². The van der Waals surface area contributed by atoms with Gasteiger partial charge in [-0.2, -0.15) is 0 Å². The molecule has 0 aliphatic heterocycles. The fourth-order valence-electron chi connectivity index (χ4n) is 2.92. The number of aromatic nitrogens is 1. The first kappa shape index (κ1) is 12.9. The van der Waals surface area contributed by atoms with Crippen molar-refractivity contribution in [1.29, 1.82) is 0 Å². The van der Waals surface area contributed by atoms with Crippen LogP contribution in [-0.4, -0.2) is 4.98 Å². The number of nitrogens with two attached hydrogens (primary N) is 1. The summed E-state index contributed by atoms with van der Waals surface area (Å²) in [6.07, 6.45) is 0. The van der Waals surface area contributed by atoms with Gasteiger partial charge in [0.25, 0.3) is 0 Å². The number of aryl methyl sites for hydroxylation is 3. The van der Waals surface area contributed by atoms with Gasteiger partial charge in [0.15, 0.2) is 0 Å². The Morgan fingerprint density at radius 1 is 0.950 bits per heavy atom. The number of para-hydroxylation sites is 1. The van der Waals surface area contributed by atoms with E-state index in [1.807, 2.05) is 0 Å². The van der Waals surface area contributed by atoms with E-state index in [9.17, 15) is 0 Å². The third-order valence-corrected chi connectivity index (χ3v) is 4.26. The van der Waals surface area contributed by atoms with Crippen LogP contribution in [0.25, 0.3) is 21.8 Å². The quantitative estimate of drug-likeness (QED) is 0.398. The lowest BCUT2D eigenvalue weighted by molar-refractivity contribution is 1.25. The molecule has 0 bridgehead atoms. The molecule has 1 heterocycles. The van der Waals surface area contributed by atoms with Crippen LogP contribution in [0.5, 0.6) is 0 Å². The zero-order valence-corrected chi connectivity index (χ0v) is 12.3. The maximum absolute atomic E-state index is 5.68. The van der Waals surface area contributed by atoms with Crippen LogP contribution in [0.15, 0.2) is 24.3 Å². The van der Waals surface area contributed by atoms with Gasteiger partial charge in [0.2, 0.25) is 0 Å². The fraction of sp³-hybridized carbons (Fsp3) is 0.235. The molecule has 3 nitrogen and oxygen atoms in total. The maximum atomic E-state index is 5.68. The Bertz CT molecular complexity index is 835. The Morgan fingerprint density at radius 2 is 1.70 bits per heavy atom. The van der Waals surface area contributed by atoms with Crippen LogP contribution in [0, 0.1) is 27.7 Å². The van der Waals surface area contributed by atoms with Crippen LogP contribution in [0.2, 0.25) is 0 Å². The van der Waals surface area contributed by atoms with E-state index in [-0.39, 0.29) is 0 Å². The maximum Gasteiger partial charge on any atom is 0.0762 e. The topological polar surface area (TPSA) is 50.9 Å². The van der Waals surface area contributed by atoms with Crippen molar-refractivity contribution in [2.45, 2.75) is 27.7 Å². The summed E-state index contributed by atoms with van der Waals surface area (Å²) in [5, 5.41) is 2.39. The Kier molecular flexibility index (Phi) is 2.87. The molecular formula is C17H19N3. The summed E-state index contributed by atoms with van der Waals surface area (Å²) < 4.78 is 0. The van der Waals surface area contributed by atoms with Crippen LogP contribution in [0.1, 0.15) is 22.3 Å². The summed E-state index contributed by atoms with van der Waals surface area (Å²) in [5.74, 6) is 5.68. The number of rotatable bonds is 1. The van der Waals surface area contributed by atoms with E-state index in [1.54, 1.807) is 0 Å². The molecule has 3 heteroatoms. The van der Waals surface area contributed by atoms with Crippen molar-refractivity contribution in [3.05, 3.63) is 46.5 Å². The van der Waals surface area contributed by atoms with Gasteiger partial charge in [0, 0.05) is 16.3 Å². The second-order valence-electron chi connectivity index (χ2n) is 5.43. The van der Waals surface area contributed by atoms with Gasteiger partial charge < -0.3 is 5.43 Å². The minimum Gasteiger partial charge on any atom is -0.324 e. The number of nitrogens with one attached hydrogen (secondary N) is 1. The van der Waals surface area contributed by atoms with Crippen molar-refractivity contribution in [2.75, 3.05) is 5.43 Å². The van der Waals surface area contributed by atoms with E-state index >= 15 is 0 Å². The van der Waals surface area contributed by atoms with Gasteiger partial charge >= 0.3 is 0 Å². The average Bonchev–Trinajstić information content (AvgIpc) is 2.45. The molecule has 3 rings (SSSR count). The van der Waals surface area contributed by atoms with E-state index in [4.69, 9.17) is 10.8 Å². The number of hydrogen-bond donors (Lipinski definition) is 2. The monoisotopic (exact) mass is 265 g/mol.